The van der Waals surface area contributed by atoms with Crippen LogP contribution in [0.3, 0.4) is 0 Å². The van der Waals surface area contributed by atoms with Gasteiger partial charge in [0.1, 0.15) is 0 Å². The first-order valence-electron chi connectivity index (χ1n) is 7.12. The highest BCUT2D eigenvalue weighted by molar-refractivity contribution is 6.37. The molecule has 3 rings (SSSR count). The molecule has 0 aliphatic carbocycles. The molecule has 0 N–H and O–H groups in total. The van der Waals surface area contributed by atoms with Gasteiger partial charge in [0.05, 0.1) is 28.8 Å². The molecular weight excluding hydrogens is 308 g/mol. The third-order valence-electron chi connectivity index (χ3n) is 3.95. The highest BCUT2D eigenvalue weighted by Crippen LogP contribution is 2.32. The summed E-state index contributed by atoms with van der Waals surface area (Å²) in [6, 6.07) is 4.50. The number of fused-ring (bicyclic) bond motifs is 1. The summed E-state index contributed by atoms with van der Waals surface area (Å²) in [5.41, 5.74) is 0.579. The van der Waals surface area contributed by atoms with Crippen molar-refractivity contribution in [2.75, 3.05) is 19.7 Å². The average molecular weight is 323 g/mol. The van der Waals surface area contributed by atoms with Crippen molar-refractivity contribution >= 4 is 29.5 Å². The molecule has 0 bridgehead atoms. The van der Waals surface area contributed by atoms with Crippen molar-refractivity contribution in [3.63, 3.8) is 0 Å². The van der Waals surface area contributed by atoms with E-state index >= 15 is 0 Å². The van der Waals surface area contributed by atoms with Gasteiger partial charge in [-0.15, -0.1) is 0 Å². The van der Waals surface area contributed by atoms with E-state index in [0.717, 1.165) is 0 Å². The Morgan fingerprint density at radius 2 is 2.14 bits per heavy atom. The minimum absolute atomic E-state index is 0.253. The molecule has 0 aromatic heterocycles. The fourth-order valence-electron chi connectivity index (χ4n) is 2.93. The van der Waals surface area contributed by atoms with Crippen LogP contribution in [-0.2, 0) is 4.74 Å². The fraction of sp³-hybridized carbons (Fsp3) is 0.400. The van der Waals surface area contributed by atoms with E-state index in [9.17, 15) is 14.4 Å². The molecular formula is C15H15ClN2O4. The number of carbonyl (C=O) groups excluding carboxylic acids is 3. The number of likely N-dealkylation sites (tertiary alicyclic amines) is 1. The lowest BCUT2D eigenvalue weighted by Gasteiger charge is -2.22. The first-order chi connectivity index (χ1) is 10.5. The molecule has 1 aromatic rings. The van der Waals surface area contributed by atoms with Crippen molar-refractivity contribution in [2.24, 2.45) is 0 Å². The third-order valence-corrected chi connectivity index (χ3v) is 4.26. The van der Waals surface area contributed by atoms with Crippen molar-refractivity contribution in [1.29, 1.82) is 0 Å². The summed E-state index contributed by atoms with van der Waals surface area (Å²) in [6.45, 7) is 2.78. The molecule has 2 aliphatic heterocycles. The summed E-state index contributed by atoms with van der Waals surface area (Å²) >= 11 is 6.04. The van der Waals surface area contributed by atoms with E-state index in [2.05, 4.69) is 0 Å². The molecule has 1 atom stereocenters. The second-order valence-electron chi connectivity index (χ2n) is 5.23. The Bertz CT molecular complexity index is 661. The van der Waals surface area contributed by atoms with E-state index in [0.29, 0.717) is 31.7 Å². The number of rotatable bonds is 2. The maximum atomic E-state index is 12.5. The van der Waals surface area contributed by atoms with E-state index in [1.165, 1.54) is 9.80 Å². The molecule has 1 saturated heterocycles. The highest BCUT2D eigenvalue weighted by atomic mass is 35.5. The molecule has 1 unspecified atom stereocenters. The predicted molar refractivity (Wildman–Crippen MR) is 79.0 cm³/mol. The summed E-state index contributed by atoms with van der Waals surface area (Å²) in [4.78, 5) is 39.4. The van der Waals surface area contributed by atoms with Crippen molar-refractivity contribution in [2.45, 2.75) is 19.4 Å². The predicted octanol–water partition coefficient (Wildman–Crippen LogP) is 2.17. The van der Waals surface area contributed by atoms with Crippen LogP contribution in [0.2, 0.25) is 5.02 Å². The van der Waals surface area contributed by atoms with Crippen LogP contribution in [0.4, 0.5) is 4.79 Å². The lowest BCUT2D eigenvalue weighted by Crippen LogP contribution is -2.42. The Hall–Kier alpha value is -2.08. The van der Waals surface area contributed by atoms with Gasteiger partial charge in [-0.05, 0) is 25.5 Å². The highest BCUT2D eigenvalue weighted by Gasteiger charge is 2.44. The molecule has 2 aliphatic rings. The van der Waals surface area contributed by atoms with E-state index < -0.39 is 6.09 Å². The molecule has 1 fully saturated rings. The van der Waals surface area contributed by atoms with Crippen LogP contribution in [0.5, 0.6) is 0 Å². The number of nitrogens with zero attached hydrogens (tertiary/aromatic N) is 2. The molecule has 2 heterocycles. The Kier molecular flexibility index (Phi) is 3.78. The normalized spacial score (nSPS) is 20.5. The number of benzene rings is 1. The maximum absolute atomic E-state index is 12.5. The molecule has 0 saturated carbocycles. The summed E-state index contributed by atoms with van der Waals surface area (Å²) in [7, 11) is 0. The monoisotopic (exact) mass is 322 g/mol. The first-order valence-corrected chi connectivity index (χ1v) is 7.50. The smallest absolute Gasteiger partial charge is 0.409 e. The quantitative estimate of drug-likeness (QED) is 0.783. The molecule has 6 nitrogen and oxygen atoms in total. The van der Waals surface area contributed by atoms with Crippen LogP contribution in [0, 0.1) is 0 Å². The number of halogens is 1. The van der Waals surface area contributed by atoms with Crippen LogP contribution in [0.1, 0.15) is 34.1 Å². The van der Waals surface area contributed by atoms with Gasteiger partial charge in [-0.1, -0.05) is 17.7 Å². The molecule has 116 valence electrons. The Balaban J connectivity index is 1.81. The number of hydrogen-bond acceptors (Lipinski definition) is 4. The SMILES string of the molecule is CCOC(=O)N1CCC(N2C(=O)c3cccc(Cl)c3C2=O)C1. The Morgan fingerprint density at radius 1 is 1.36 bits per heavy atom. The van der Waals surface area contributed by atoms with E-state index in [4.69, 9.17) is 16.3 Å². The van der Waals surface area contributed by atoms with Crippen LogP contribution >= 0.6 is 11.6 Å². The topological polar surface area (TPSA) is 66.9 Å². The van der Waals surface area contributed by atoms with Gasteiger partial charge >= 0.3 is 6.09 Å². The van der Waals surface area contributed by atoms with Gasteiger partial charge in [0.25, 0.3) is 11.8 Å². The fourth-order valence-corrected chi connectivity index (χ4v) is 3.18. The Morgan fingerprint density at radius 3 is 2.82 bits per heavy atom. The minimum atomic E-state index is -0.417. The zero-order chi connectivity index (χ0) is 15.9. The molecule has 3 amide bonds. The van der Waals surface area contributed by atoms with Gasteiger partial charge in [-0.25, -0.2) is 4.79 Å². The van der Waals surface area contributed by atoms with Gasteiger partial charge < -0.3 is 9.64 Å². The Labute approximate surface area is 132 Å². The number of imide groups is 1. The minimum Gasteiger partial charge on any atom is -0.450 e. The van der Waals surface area contributed by atoms with Gasteiger partial charge in [0.15, 0.2) is 0 Å². The van der Waals surface area contributed by atoms with Gasteiger partial charge in [-0.3, -0.25) is 14.5 Å². The van der Waals surface area contributed by atoms with Crippen LogP contribution in [-0.4, -0.2) is 53.4 Å². The van der Waals surface area contributed by atoms with Crippen molar-refractivity contribution in [3.05, 3.63) is 34.3 Å². The second-order valence-corrected chi connectivity index (χ2v) is 5.64. The zero-order valence-electron chi connectivity index (χ0n) is 12.0. The van der Waals surface area contributed by atoms with E-state index in [1.54, 1.807) is 25.1 Å². The number of carbonyl (C=O) groups is 3. The maximum Gasteiger partial charge on any atom is 0.409 e. The van der Waals surface area contributed by atoms with Crippen molar-refractivity contribution in [1.82, 2.24) is 9.80 Å². The largest absolute Gasteiger partial charge is 0.450 e. The summed E-state index contributed by atoms with van der Waals surface area (Å²) in [6.07, 6.45) is 0.127. The standard InChI is InChI=1S/C15H15ClN2O4/c1-2-22-15(21)17-7-6-9(8-17)18-13(19)10-4-3-5-11(16)12(10)14(18)20/h3-5,9H,2,6-8H2,1H3. The van der Waals surface area contributed by atoms with Crippen LogP contribution in [0.15, 0.2) is 18.2 Å². The summed E-state index contributed by atoms with van der Waals surface area (Å²) in [5, 5.41) is 0.276. The average Bonchev–Trinajstić information content (AvgIpc) is 3.05. The van der Waals surface area contributed by atoms with Crippen LogP contribution < -0.4 is 0 Å². The molecule has 22 heavy (non-hydrogen) atoms. The summed E-state index contributed by atoms with van der Waals surface area (Å²) < 4.78 is 4.95. The molecule has 0 radical (unpaired) electrons. The molecule has 1 aromatic carbocycles. The third kappa shape index (κ3) is 2.23. The van der Waals surface area contributed by atoms with Gasteiger partial charge in [0, 0.05) is 13.1 Å². The summed E-state index contributed by atoms with van der Waals surface area (Å²) in [5.74, 6) is -0.737. The zero-order valence-corrected chi connectivity index (χ0v) is 12.8. The van der Waals surface area contributed by atoms with Crippen LogP contribution in [0.25, 0.3) is 0 Å². The van der Waals surface area contributed by atoms with E-state index in [-0.39, 0.29) is 28.4 Å². The number of amides is 3. The number of ether oxygens (including phenoxy) is 1. The lowest BCUT2D eigenvalue weighted by molar-refractivity contribution is 0.0581. The van der Waals surface area contributed by atoms with Crippen molar-refractivity contribution < 1.29 is 19.1 Å². The lowest BCUT2D eigenvalue weighted by atomic mass is 10.1. The van der Waals surface area contributed by atoms with Crippen molar-refractivity contribution in [3.8, 4) is 0 Å². The van der Waals surface area contributed by atoms with E-state index in [1.807, 2.05) is 0 Å². The molecule has 7 heteroatoms. The number of hydrogen-bond donors (Lipinski definition) is 0. The molecule has 0 spiro atoms. The van der Waals surface area contributed by atoms with Gasteiger partial charge in [0.2, 0.25) is 0 Å². The second kappa shape index (κ2) is 5.61. The van der Waals surface area contributed by atoms with Gasteiger partial charge in [-0.2, -0.15) is 0 Å². The first kappa shape index (κ1) is 14.8.